The van der Waals surface area contributed by atoms with Crippen LogP contribution >= 0.6 is 0 Å². The van der Waals surface area contributed by atoms with Gasteiger partial charge in [-0.1, -0.05) is 6.92 Å². The molecule has 0 aromatic carbocycles. The van der Waals surface area contributed by atoms with Crippen LogP contribution in [0.5, 0.6) is 0 Å². The topological polar surface area (TPSA) is 69.6 Å². The molecule has 0 aliphatic heterocycles. The minimum atomic E-state index is -0.790. The second kappa shape index (κ2) is 7.96. The molecule has 16 heavy (non-hydrogen) atoms. The molecule has 94 valence electrons. The van der Waals surface area contributed by atoms with Crippen molar-refractivity contribution in [2.75, 3.05) is 19.6 Å². The van der Waals surface area contributed by atoms with E-state index in [-0.39, 0.29) is 18.4 Å². The van der Waals surface area contributed by atoms with Crippen LogP contribution in [0.1, 0.15) is 33.6 Å². The van der Waals surface area contributed by atoms with E-state index in [1.807, 2.05) is 20.8 Å². The fourth-order valence-electron chi connectivity index (χ4n) is 1.36. The van der Waals surface area contributed by atoms with Gasteiger partial charge in [-0.2, -0.15) is 0 Å². The zero-order chi connectivity index (χ0) is 12.6. The summed E-state index contributed by atoms with van der Waals surface area (Å²) >= 11 is 0. The number of nitrogens with zero attached hydrogens (tertiary/aromatic N) is 1. The maximum absolute atomic E-state index is 11.5. The predicted molar refractivity (Wildman–Crippen MR) is 62.4 cm³/mol. The number of carboxylic acids is 1. The van der Waals surface area contributed by atoms with Gasteiger partial charge in [-0.25, -0.2) is 4.79 Å². The van der Waals surface area contributed by atoms with Crippen LogP contribution in [0.2, 0.25) is 0 Å². The number of hydrogen-bond acceptors (Lipinski definition) is 2. The minimum Gasteiger partial charge on any atom is -0.481 e. The Labute approximate surface area is 96.8 Å². The van der Waals surface area contributed by atoms with Crippen LogP contribution < -0.4 is 5.32 Å². The van der Waals surface area contributed by atoms with Gasteiger partial charge in [0.1, 0.15) is 0 Å². The van der Waals surface area contributed by atoms with E-state index < -0.39 is 5.97 Å². The van der Waals surface area contributed by atoms with Crippen LogP contribution in [0, 0.1) is 5.92 Å². The van der Waals surface area contributed by atoms with Crippen molar-refractivity contribution < 1.29 is 14.7 Å². The molecule has 0 aromatic heterocycles. The number of carbonyl (C=O) groups excluding carboxylic acids is 1. The van der Waals surface area contributed by atoms with Crippen molar-refractivity contribution in [1.82, 2.24) is 10.2 Å². The Morgan fingerprint density at radius 2 is 1.88 bits per heavy atom. The third-order valence-corrected chi connectivity index (χ3v) is 2.50. The lowest BCUT2D eigenvalue weighted by Crippen LogP contribution is -2.41. The van der Waals surface area contributed by atoms with Gasteiger partial charge in [0.15, 0.2) is 0 Å². The molecule has 0 saturated heterocycles. The molecule has 0 bridgehead atoms. The van der Waals surface area contributed by atoms with Crippen LogP contribution in [0.4, 0.5) is 4.79 Å². The van der Waals surface area contributed by atoms with Crippen LogP contribution in [0.25, 0.3) is 0 Å². The summed E-state index contributed by atoms with van der Waals surface area (Å²) in [7, 11) is 0. The van der Waals surface area contributed by atoms with Gasteiger partial charge in [0.2, 0.25) is 0 Å². The van der Waals surface area contributed by atoms with E-state index in [0.29, 0.717) is 26.1 Å². The Morgan fingerprint density at radius 1 is 1.31 bits per heavy atom. The predicted octanol–water partition coefficient (Wildman–Crippen LogP) is 1.54. The molecule has 1 unspecified atom stereocenters. The summed E-state index contributed by atoms with van der Waals surface area (Å²) in [4.78, 5) is 23.6. The van der Waals surface area contributed by atoms with E-state index in [9.17, 15) is 9.59 Å². The van der Waals surface area contributed by atoms with Gasteiger partial charge in [0.25, 0.3) is 0 Å². The molecule has 0 aromatic rings. The average molecular weight is 230 g/mol. The van der Waals surface area contributed by atoms with Crippen LogP contribution in [-0.2, 0) is 4.79 Å². The van der Waals surface area contributed by atoms with Crippen molar-refractivity contribution >= 4 is 12.0 Å². The highest BCUT2D eigenvalue weighted by molar-refractivity contribution is 5.74. The summed E-state index contributed by atoms with van der Waals surface area (Å²) in [5.74, 6) is -0.600. The van der Waals surface area contributed by atoms with Gasteiger partial charge < -0.3 is 15.3 Å². The zero-order valence-electron chi connectivity index (χ0n) is 10.3. The number of nitrogens with one attached hydrogen (secondary N) is 1. The summed E-state index contributed by atoms with van der Waals surface area (Å²) in [6.45, 7) is 7.69. The Morgan fingerprint density at radius 3 is 2.31 bits per heavy atom. The van der Waals surface area contributed by atoms with E-state index in [4.69, 9.17) is 5.11 Å². The number of urea groups is 1. The molecule has 5 nitrogen and oxygen atoms in total. The summed E-state index contributed by atoms with van der Waals surface area (Å²) in [5.41, 5.74) is 0. The molecule has 0 aliphatic carbocycles. The lowest BCUT2D eigenvalue weighted by Gasteiger charge is -2.20. The summed E-state index contributed by atoms with van der Waals surface area (Å²) < 4.78 is 0. The molecule has 0 fully saturated rings. The maximum atomic E-state index is 11.5. The Bertz CT molecular complexity index is 227. The summed E-state index contributed by atoms with van der Waals surface area (Å²) in [6.07, 6.45) is 0.746. The lowest BCUT2D eigenvalue weighted by atomic mass is 10.1. The van der Waals surface area contributed by atoms with Gasteiger partial charge in [-0.3, -0.25) is 4.79 Å². The van der Waals surface area contributed by atoms with E-state index in [1.165, 1.54) is 0 Å². The van der Waals surface area contributed by atoms with Crippen LogP contribution in [0.3, 0.4) is 0 Å². The largest absolute Gasteiger partial charge is 0.481 e. The second-order valence-electron chi connectivity index (χ2n) is 3.90. The van der Waals surface area contributed by atoms with Gasteiger partial charge in [-0.05, 0) is 26.2 Å². The van der Waals surface area contributed by atoms with Crippen molar-refractivity contribution in [3.8, 4) is 0 Å². The molecule has 5 heteroatoms. The van der Waals surface area contributed by atoms with E-state index in [0.717, 1.165) is 0 Å². The number of amides is 2. The fourth-order valence-corrected chi connectivity index (χ4v) is 1.36. The van der Waals surface area contributed by atoms with E-state index in [1.54, 1.807) is 4.90 Å². The Kier molecular flexibility index (Phi) is 7.33. The highest BCUT2D eigenvalue weighted by atomic mass is 16.4. The molecule has 0 heterocycles. The molecular weight excluding hydrogens is 208 g/mol. The molecule has 1 atom stereocenters. The normalized spacial score (nSPS) is 11.9. The first-order chi connectivity index (χ1) is 7.51. The van der Waals surface area contributed by atoms with Crippen molar-refractivity contribution in [3.63, 3.8) is 0 Å². The first kappa shape index (κ1) is 14.7. The van der Waals surface area contributed by atoms with Gasteiger partial charge in [0.05, 0.1) is 0 Å². The number of hydrogen-bond donors (Lipinski definition) is 2. The first-order valence-electron chi connectivity index (χ1n) is 5.75. The van der Waals surface area contributed by atoms with Gasteiger partial charge in [-0.15, -0.1) is 0 Å². The molecule has 2 amide bonds. The molecule has 0 spiro atoms. The van der Waals surface area contributed by atoms with E-state index in [2.05, 4.69) is 5.32 Å². The van der Waals surface area contributed by atoms with Crippen molar-refractivity contribution in [1.29, 1.82) is 0 Å². The highest BCUT2D eigenvalue weighted by Gasteiger charge is 2.11. The maximum Gasteiger partial charge on any atom is 0.317 e. The second-order valence-corrected chi connectivity index (χ2v) is 3.90. The standard InChI is InChI=1S/C11H22N2O3/c1-4-13(5-2)11(16)12-8-9(3)6-7-10(14)15/h9H,4-8H2,1-3H3,(H,12,16)(H,14,15). The fraction of sp³-hybridized carbons (Fsp3) is 0.818. The Balaban J connectivity index is 3.77. The van der Waals surface area contributed by atoms with Gasteiger partial charge >= 0.3 is 12.0 Å². The quantitative estimate of drug-likeness (QED) is 0.697. The molecule has 0 saturated carbocycles. The third kappa shape index (κ3) is 6.27. The van der Waals surface area contributed by atoms with Crippen molar-refractivity contribution in [3.05, 3.63) is 0 Å². The van der Waals surface area contributed by atoms with E-state index >= 15 is 0 Å². The molecule has 2 N–H and O–H groups in total. The SMILES string of the molecule is CCN(CC)C(=O)NCC(C)CCC(=O)O. The smallest absolute Gasteiger partial charge is 0.317 e. The first-order valence-corrected chi connectivity index (χ1v) is 5.75. The number of carboxylic acid groups (broad SMARTS) is 1. The van der Waals surface area contributed by atoms with Crippen molar-refractivity contribution in [2.24, 2.45) is 5.92 Å². The summed E-state index contributed by atoms with van der Waals surface area (Å²) in [6, 6.07) is -0.0767. The number of aliphatic carboxylic acids is 1. The van der Waals surface area contributed by atoms with Crippen LogP contribution in [-0.4, -0.2) is 41.6 Å². The lowest BCUT2D eigenvalue weighted by molar-refractivity contribution is -0.137. The zero-order valence-corrected chi connectivity index (χ0v) is 10.3. The van der Waals surface area contributed by atoms with Crippen molar-refractivity contribution in [2.45, 2.75) is 33.6 Å². The Hall–Kier alpha value is -1.26. The summed E-state index contributed by atoms with van der Waals surface area (Å²) in [5, 5.41) is 11.3. The third-order valence-electron chi connectivity index (χ3n) is 2.50. The van der Waals surface area contributed by atoms with Gasteiger partial charge in [0, 0.05) is 26.1 Å². The number of carbonyl (C=O) groups is 2. The van der Waals surface area contributed by atoms with Crippen LogP contribution in [0.15, 0.2) is 0 Å². The molecule has 0 radical (unpaired) electrons. The molecule has 0 aliphatic rings. The average Bonchev–Trinajstić information content (AvgIpc) is 2.25. The minimum absolute atomic E-state index is 0.0767. The highest BCUT2D eigenvalue weighted by Crippen LogP contribution is 2.04. The molecule has 0 rings (SSSR count). The monoisotopic (exact) mass is 230 g/mol. The molecular formula is C11H22N2O3. The number of rotatable bonds is 7.